The number of carbonyl (C=O) groups is 1. The Labute approximate surface area is 165 Å². The van der Waals surface area contributed by atoms with E-state index in [-0.39, 0.29) is 23.2 Å². The molecule has 2 heterocycles. The fraction of sp³-hybridized carbons (Fsp3) is 0.333. The zero-order valence-corrected chi connectivity index (χ0v) is 16.8. The number of hydrogen-bond acceptors (Lipinski definition) is 4. The summed E-state index contributed by atoms with van der Waals surface area (Å²) in [6.07, 6.45) is 1.87. The second-order valence-electron chi connectivity index (χ2n) is 7.46. The van der Waals surface area contributed by atoms with Crippen LogP contribution < -0.4 is 9.62 Å². The van der Waals surface area contributed by atoms with Crippen LogP contribution in [0.5, 0.6) is 0 Å². The summed E-state index contributed by atoms with van der Waals surface area (Å²) in [6, 6.07) is 12.9. The van der Waals surface area contributed by atoms with Gasteiger partial charge in [-0.05, 0) is 48.1 Å². The molecule has 0 spiro atoms. The molecule has 0 saturated carbocycles. The third kappa shape index (κ3) is 3.30. The molecule has 146 valence electrons. The summed E-state index contributed by atoms with van der Waals surface area (Å²) in [5.74, 6) is 0.545. The highest BCUT2D eigenvalue weighted by atomic mass is 32.2. The molecule has 2 aromatic carbocycles. The maximum Gasteiger partial charge on any atom is 0.263 e. The molecule has 0 atom stereocenters. The second-order valence-corrected chi connectivity index (χ2v) is 9.11. The van der Waals surface area contributed by atoms with Gasteiger partial charge in [0.15, 0.2) is 0 Å². The third-order valence-corrected chi connectivity index (χ3v) is 6.62. The maximum atomic E-state index is 12.9. The number of nitrogens with one attached hydrogen (secondary N) is 1. The van der Waals surface area contributed by atoms with Crippen molar-refractivity contribution in [3.05, 3.63) is 59.2 Å². The fourth-order valence-corrected chi connectivity index (χ4v) is 4.97. The monoisotopic (exact) mass is 397 g/mol. The molecule has 0 aromatic heterocycles. The molecule has 2 aliphatic rings. The smallest absolute Gasteiger partial charge is 0.263 e. The van der Waals surface area contributed by atoms with Crippen LogP contribution in [0.25, 0.3) is 0 Å². The Morgan fingerprint density at radius 2 is 2.00 bits per heavy atom. The highest BCUT2D eigenvalue weighted by Gasteiger charge is 2.30. The summed E-state index contributed by atoms with van der Waals surface area (Å²) in [4.78, 5) is 19.1. The van der Waals surface area contributed by atoms with Crippen molar-refractivity contribution in [1.29, 1.82) is 0 Å². The molecule has 2 aromatic rings. The Kier molecular flexibility index (Phi) is 4.71. The Bertz CT molecular complexity index is 1070. The average molecular weight is 398 g/mol. The molecular formula is C21H23N3O3S. The Hall–Kier alpha value is -2.67. The van der Waals surface area contributed by atoms with E-state index in [0.29, 0.717) is 18.0 Å². The molecule has 1 N–H and O–H groups in total. The summed E-state index contributed by atoms with van der Waals surface area (Å²) in [5, 5.41) is 0. The highest BCUT2D eigenvalue weighted by molar-refractivity contribution is 7.90. The summed E-state index contributed by atoms with van der Waals surface area (Å²) in [5.41, 5.74) is 3.90. The zero-order valence-electron chi connectivity index (χ0n) is 16.0. The molecule has 6 nitrogen and oxygen atoms in total. The lowest BCUT2D eigenvalue weighted by Gasteiger charge is -2.30. The minimum atomic E-state index is -3.59. The number of nitrogens with zero attached hydrogens (tertiary/aromatic N) is 2. The van der Waals surface area contributed by atoms with Crippen LogP contribution in [0.4, 0.5) is 5.69 Å². The average Bonchev–Trinajstić information content (AvgIpc) is 2.95. The zero-order chi connectivity index (χ0) is 19.9. The first-order valence-electron chi connectivity index (χ1n) is 9.46. The first-order chi connectivity index (χ1) is 13.4. The Morgan fingerprint density at radius 3 is 2.79 bits per heavy atom. The van der Waals surface area contributed by atoms with E-state index in [2.05, 4.69) is 35.7 Å². The third-order valence-electron chi connectivity index (χ3n) is 5.23. The minimum absolute atomic E-state index is 0.0996. The number of aryl methyl sites for hydroxylation is 1. The van der Waals surface area contributed by atoms with Crippen molar-refractivity contribution in [3.8, 4) is 0 Å². The number of amides is 1. The van der Waals surface area contributed by atoms with Crippen LogP contribution in [0.1, 0.15) is 42.9 Å². The van der Waals surface area contributed by atoms with E-state index in [1.807, 2.05) is 6.07 Å². The van der Waals surface area contributed by atoms with E-state index in [1.165, 1.54) is 17.2 Å². The molecule has 7 heteroatoms. The van der Waals surface area contributed by atoms with Crippen LogP contribution in [-0.2, 0) is 21.2 Å². The second kappa shape index (κ2) is 7.05. The lowest BCUT2D eigenvalue weighted by atomic mass is 9.95. The van der Waals surface area contributed by atoms with E-state index >= 15 is 0 Å². The molecule has 0 saturated heterocycles. The summed E-state index contributed by atoms with van der Waals surface area (Å²) in [7, 11) is -3.59. The topological polar surface area (TPSA) is 78.8 Å². The first-order valence-corrected chi connectivity index (χ1v) is 10.9. The highest BCUT2D eigenvalue weighted by Crippen LogP contribution is 2.30. The van der Waals surface area contributed by atoms with Gasteiger partial charge in [-0.2, -0.15) is 0 Å². The van der Waals surface area contributed by atoms with Crippen LogP contribution in [0.15, 0.2) is 52.4 Å². The van der Waals surface area contributed by atoms with Gasteiger partial charge in [0.1, 0.15) is 12.4 Å². The number of sulfonamides is 1. The summed E-state index contributed by atoms with van der Waals surface area (Å²) in [6.45, 7) is 4.87. The van der Waals surface area contributed by atoms with Crippen molar-refractivity contribution < 1.29 is 13.2 Å². The van der Waals surface area contributed by atoms with Gasteiger partial charge in [-0.1, -0.05) is 38.1 Å². The van der Waals surface area contributed by atoms with Crippen LogP contribution in [0.3, 0.4) is 0 Å². The quantitative estimate of drug-likeness (QED) is 0.865. The minimum Gasteiger partial charge on any atom is -0.311 e. The van der Waals surface area contributed by atoms with Crippen molar-refractivity contribution >= 4 is 27.5 Å². The van der Waals surface area contributed by atoms with E-state index < -0.39 is 10.0 Å². The van der Waals surface area contributed by atoms with Crippen LogP contribution in [0, 0.1) is 0 Å². The van der Waals surface area contributed by atoms with Gasteiger partial charge >= 0.3 is 0 Å². The number of amidine groups is 1. The maximum absolute atomic E-state index is 12.9. The normalized spacial score (nSPS) is 18.7. The van der Waals surface area contributed by atoms with Crippen LogP contribution >= 0.6 is 0 Å². The predicted octanol–water partition coefficient (Wildman–Crippen LogP) is 2.83. The molecule has 0 radical (unpaired) electrons. The van der Waals surface area contributed by atoms with E-state index in [1.54, 1.807) is 23.1 Å². The number of hydrogen-bond donors (Lipinski definition) is 1. The molecule has 1 amide bonds. The van der Waals surface area contributed by atoms with Crippen LogP contribution in [0.2, 0.25) is 0 Å². The fourth-order valence-electron chi connectivity index (χ4n) is 3.72. The molecule has 28 heavy (non-hydrogen) atoms. The summed E-state index contributed by atoms with van der Waals surface area (Å²) < 4.78 is 26.8. The number of anilines is 1. The van der Waals surface area contributed by atoms with Crippen molar-refractivity contribution in [2.75, 3.05) is 18.0 Å². The van der Waals surface area contributed by atoms with Crippen molar-refractivity contribution in [2.24, 2.45) is 4.99 Å². The van der Waals surface area contributed by atoms with Gasteiger partial charge in [-0.25, -0.2) is 8.42 Å². The molecule has 0 fully saturated rings. The lowest BCUT2D eigenvalue weighted by Crippen LogP contribution is -2.37. The number of fused-ring (bicyclic) bond motifs is 2. The molecule has 0 unspecified atom stereocenters. The number of aliphatic imine (C=N–C) groups is 1. The van der Waals surface area contributed by atoms with Gasteiger partial charge in [-0.15, -0.1) is 0 Å². The van der Waals surface area contributed by atoms with Gasteiger partial charge < -0.3 is 4.90 Å². The number of benzene rings is 2. The van der Waals surface area contributed by atoms with Crippen molar-refractivity contribution in [1.82, 2.24) is 4.72 Å². The molecule has 0 aliphatic carbocycles. The number of rotatable bonds is 3. The van der Waals surface area contributed by atoms with Gasteiger partial charge in [0.05, 0.1) is 4.90 Å². The van der Waals surface area contributed by atoms with Crippen molar-refractivity contribution in [2.45, 2.75) is 37.5 Å². The molecule has 4 rings (SSSR count). The predicted molar refractivity (Wildman–Crippen MR) is 109 cm³/mol. The molecule has 0 bridgehead atoms. The van der Waals surface area contributed by atoms with E-state index in [0.717, 1.165) is 18.5 Å². The standard InChI is InChI=1S/C21H23N3O3S/c1-14(2)15-9-10-18-16(12-15)6-5-11-24(18)20(25)13-22-21-17-7-3-4-8-19(17)28(26,27)23-21/h3-4,7-10,12,14H,5-6,11,13H2,1-2H3,(H,22,23). The number of carbonyl (C=O) groups excluding carboxylic acids is 1. The Morgan fingerprint density at radius 1 is 1.21 bits per heavy atom. The van der Waals surface area contributed by atoms with Crippen molar-refractivity contribution in [3.63, 3.8) is 0 Å². The van der Waals surface area contributed by atoms with Crippen LogP contribution in [-0.4, -0.2) is 33.3 Å². The molecular weight excluding hydrogens is 374 g/mol. The van der Waals surface area contributed by atoms with E-state index in [4.69, 9.17) is 0 Å². The first kappa shape index (κ1) is 18.7. The summed E-state index contributed by atoms with van der Waals surface area (Å²) >= 11 is 0. The van der Waals surface area contributed by atoms with Gasteiger partial charge in [0, 0.05) is 17.8 Å². The Balaban J connectivity index is 1.57. The van der Waals surface area contributed by atoms with Gasteiger partial charge in [0.2, 0.25) is 5.91 Å². The molecule has 2 aliphatic heterocycles. The van der Waals surface area contributed by atoms with Gasteiger partial charge in [0.25, 0.3) is 10.0 Å². The van der Waals surface area contributed by atoms with Gasteiger partial charge in [-0.3, -0.25) is 14.5 Å². The van der Waals surface area contributed by atoms with E-state index in [9.17, 15) is 13.2 Å². The largest absolute Gasteiger partial charge is 0.311 e. The SMILES string of the molecule is CC(C)c1ccc2c(c1)CCCN2C(=O)CN=C1NS(=O)(=O)c2ccccc21. The lowest BCUT2D eigenvalue weighted by molar-refractivity contribution is -0.117.